The third kappa shape index (κ3) is 6.51. The molecule has 28 heavy (non-hydrogen) atoms. The fourth-order valence-corrected chi connectivity index (χ4v) is 3.37. The molecule has 1 unspecified atom stereocenters. The van der Waals surface area contributed by atoms with E-state index in [0.717, 1.165) is 16.9 Å². The summed E-state index contributed by atoms with van der Waals surface area (Å²) in [5, 5.41) is 6.50. The van der Waals surface area contributed by atoms with Gasteiger partial charge in [-0.1, -0.05) is 66.0 Å². The molecule has 2 amide bonds. The zero-order chi connectivity index (χ0) is 20.7. The molecule has 0 bridgehead atoms. The number of carbonyl (C=O) groups excluding carboxylic acids is 2. The average molecular weight is 423 g/mol. The van der Waals surface area contributed by atoms with Gasteiger partial charge in [-0.3, -0.25) is 9.59 Å². The molecule has 0 aliphatic rings. The van der Waals surface area contributed by atoms with Gasteiger partial charge < -0.3 is 15.5 Å². The Kier molecular flexibility index (Phi) is 8.30. The van der Waals surface area contributed by atoms with Gasteiger partial charge in [0.15, 0.2) is 13.1 Å². The zero-order valence-electron chi connectivity index (χ0n) is 16.3. The smallest absolute Gasteiger partial charge is 0.279 e. The van der Waals surface area contributed by atoms with Gasteiger partial charge in [0, 0.05) is 0 Å². The summed E-state index contributed by atoms with van der Waals surface area (Å²) in [5.74, 6) is -0.362. The fraction of sp³-hybridized carbons (Fsp3) is 0.333. The van der Waals surface area contributed by atoms with Gasteiger partial charge in [-0.15, -0.1) is 0 Å². The Bertz CT molecular complexity index is 805. The number of quaternary nitrogens is 1. The van der Waals surface area contributed by atoms with Crippen molar-refractivity contribution in [1.82, 2.24) is 5.32 Å². The zero-order valence-corrected chi connectivity index (χ0v) is 17.8. The van der Waals surface area contributed by atoms with E-state index in [4.69, 9.17) is 23.2 Å². The number of hydrogen-bond donors (Lipinski definition) is 3. The van der Waals surface area contributed by atoms with Crippen molar-refractivity contribution in [2.24, 2.45) is 0 Å². The molecule has 2 atom stereocenters. The topological polar surface area (TPSA) is 62.6 Å². The van der Waals surface area contributed by atoms with E-state index in [1.807, 2.05) is 38.1 Å². The van der Waals surface area contributed by atoms with Crippen LogP contribution in [0.4, 0.5) is 5.69 Å². The molecule has 3 N–H and O–H groups in total. The van der Waals surface area contributed by atoms with Crippen LogP contribution in [0.15, 0.2) is 42.5 Å². The number of anilines is 1. The van der Waals surface area contributed by atoms with Crippen LogP contribution in [-0.4, -0.2) is 32.0 Å². The number of carbonyl (C=O) groups is 2. The van der Waals surface area contributed by atoms with E-state index >= 15 is 0 Å². The maximum Gasteiger partial charge on any atom is 0.279 e. The van der Waals surface area contributed by atoms with Crippen LogP contribution >= 0.6 is 23.2 Å². The highest BCUT2D eigenvalue weighted by Crippen LogP contribution is 2.29. The van der Waals surface area contributed by atoms with E-state index in [9.17, 15) is 9.59 Å². The predicted molar refractivity (Wildman–Crippen MR) is 114 cm³/mol. The first kappa shape index (κ1) is 22.2. The molecule has 150 valence electrons. The van der Waals surface area contributed by atoms with Crippen molar-refractivity contribution in [1.29, 1.82) is 0 Å². The maximum atomic E-state index is 12.4. The third-order valence-corrected chi connectivity index (χ3v) is 5.00. The summed E-state index contributed by atoms with van der Waals surface area (Å²) >= 11 is 12.1. The number of likely N-dealkylation sites (N-methyl/N-ethyl adjacent to an activating group) is 1. The third-order valence-electron chi connectivity index (χ3n) is 4.38. The fourth-order valence-electron chi connectivity index (χ4n) is 2.88. The Balaban J connectivity index is 1.87. The van der Waals surface area contributed by atoms with Gasteiger partial charge in [0.25, 0.3) is 11.8 Å². The normalized spacial score (nSPS) is 12.9. The first-order chi connectivity index (χ1) is 13.3. The Morgan fingerprint density at radius 2 is 1.57 bits per heavy atom. The number of amides is 2. The number of benzene rings is 2. The molecule has 0 aromatic heterocycles. The molecule has 5 nitrogen and oxygen atoms in total. The average Bonchev–Trinajstić information content (AvgIpc) is 2.63. The summed E-state index contributed by atoms with van der Waals surface area (Å²) in [4.78, 5) is 25.4. The van der Waals surface area contributed by atoms with Crippen molar-refractivity contribution in [2.45, 2.75) is 26.3 Å². The van der Waals surface area contributed by atoms with E-state index in [2.05, 4.69) is 10.6 Å². The van der Waals surface area contributed by atoms with Crippen molar-refractivity contribution in [3.8, 4) is 0 Å². The van der Waals surface area contributed by atoms with Gasteiger partial charge >= 0.3 is 0 Å². The minimum absolute atomic E-state index is 0.0448. The largest absolute Gasteiger partial charge is 0.344 e. The summed E-state index contributed by atoms with van der Waals surface area (Å²) in [6.07, 6.45) is 0.791. The van der Waals surface area contributed by atoms with Crippen molar-refractivity contribution >= 4 is 40.7 Å². The Hall–Kier alpha value is -2.08. The number of aryl methyl sites for hydroxylation is 1. The van der Waals surface area contributed by atoms with Crippen molar-refractivity contribution < 1.29 is 14.5 Å². The lowest BCUT2D eigenvalue weighted by Gasteiger charge is -2.19. The van der Waals surface area contributed by atoms with Crippen LogP contribution in [0.3, 0.4) is 0 Å². The Morgan fingerprint density at radius 1 is 1.00 bits per heavy atom. The summed E-state index contributed by atoms with van der Waals surface area (Å²) in [6, 6.07) is 13.1. The minimum atomic E-state index is -0.258. The van der Waals surface area contributed by atoms with E-state index in [0.29, 0.717) is 15.7 Å². The monoisotopic (exact) mass is 422 g/mol. The lowest BCUT2D eigenvalue weighted by atomic mass is 10.0. The van der Waals surface area contributed by atoms with E-state index in [-0.39, 0.29) is 30.9 Å². The van der Waals surface area contributed by atoms with Crippen LogP contribution in [0.2, 0.25) is 10.0 Å². The molecule has 2 rings (SSSR count). The van der Waals surface area contributed by atoms with Crippen LogP contribution in [0.5, 0.6) is 0 Å². The second-order valence-corrected chi connectivity index (χ2v) is 7.71. The van der Waals surface area contributed by atoms with Gasteiger partial charge in [0.05, 0.1) is 28.8 Å². The van der Waals surface area contributed by atoms with Crippen LogP contribution in [0, 0.1) is 6.92 Å². The lowest BCUT2D eigenvalue weighted by molar-refractivity contribution is -0.862. The highest BCUT2D eigenvalue weighted by Gasteiger charge is 2.19. The maximum absolute atomic E-state index is 12.4. The minimum Gasteiger partial charge on any atom is -0.344 e. The lowest BCUT2D eigenvalue weighted by Crippen LogP contribution is -3.11. The predicted octanol–water partition coefficient (Wildman–Crippen LogP) is 3.02. The molecule has 0 spiro atoms. The standard InChI is InChI=1S/C21H25Cl2N3O2/c1-4-18(15-10-8-14(2)9-11-15)24-19(27)12-26(3)13-20(28)25-21-16(22)6-5-7-17(21)23/h5-11,18H,4,12-13H2,1-3H3,(H,24,27)(H,25,28)/p+1/t18-/m0/s1. The Labute approximate surface area is 176 Å². The summed E-state index contributed by atoms with van der Waals surface area (Å²) in [7, 11) is 1.79. The summed E-state index contributed by atoms with van der Waals surface area (Å²) in [5.41, 5.74) is 2.64. The van der Waals surface area contributed by atoms with Crippen molar-refractivity contribution in [3.63, 3.8) is 0 Å². The number of nitrogens with one attached hydrogen (secondary N) is 3. The van der Waals surface area contributed by atoms with Crippen LogP contribution < -0.4 is 15.5 Å². The van der Waals surface area contributed by atoms with Crippen molar-refractivity contribution in [2.75, 3.05) is 25.5 Å². The van der Waals surface area contributed by atoms with Gasteiger partial charge in [-0.2, -0.15) is 0 Å². The second-order valence-electron chi connectivity index (χ2n) is 6.89. The quantitative estimate of drug-likeness (QED) is 0.611. The second kappa shape index (κ2) is 10.5. The molecule has 0 aliphatic carbocycles. The first-order valence-corrected chi connectivity index (χ1v) is 9.96. The molecule has 2 aromatic carbocycles. The van der Waals surface area contributed by atoms with Crippen LogP contribution in [-0.2, 0) is 9.59 Å². The van der Waals surface area contributed by atoms with Gasteiger partial charge in [-0.25, -0.2) is 0 Å². The molecular weight excluding hydrogens is 397 g/mol. The number of rotatable bonds is 8. The molecule has 7 heteroatoms. The van der Waals surface area contributed by atoms with Crippen molar-refractivity contribution in [3.05, 3.63) is 63.6 Å². The van der Waals surface area contributed by atoms with E-state index < -0.39 is 0 Å². The molecule has 0 saturated heterocycles. The molecule has 0 fully saturated rings. The molecular formula is C21H26Cl2N3O2+. The SMILES string of the molecule is CC[C@H](NC(=O)C[NH+](C)CC(=O)Nc1c(Cl)cccc1Cl)c1ccc(C)cc1. The molecule has 0 radical (unpaired) electrons. The number of para-hydroxylation sites is 1. The first-order valence-electron chi connectivity index (χ1n) is 9.21. The highest BCUT2D eigenvalue weighted by atomic mass is 35.5. The molecule has 0 aliphatic heterocycles. The molecule has 2 aromatic rings. The molecule has 0 saturated carbocycles. The van der Waals surface area contributed by atoms with Crippen LogP contribution in [0.25, 0.3) is 0 Å². The molecule has 0 heterocycles. The summed E-state index contributed by atoms with van der Waals surface area (Å²) < 4.78 is 0. The van der Waals surface area contributed by atoms with Crippen LogP contribution in [0.1, 0.15) is 30.5 Å². The summed E-state index contributed by atoms with van der Waals surface area (Å²) in [6.45, 7) is 4.37. The van der Waals surface area contributed by atoms with E-state index in [1.165, 1.54) is 5.56 Å². The van der Waals surface area contributed by atoms with Gasteiger partial charge in [-0.05, 0) is 31.0 Å². The van der Waals surface area contributed by atoms with Gasteiger partial charge in [0.1, 0.15) is 0 Å². The van der Waals surface area contributed by atoms with E-state index in [1.54, 1.807) is 25.2 Å². The van der Waals surface area contributed by atoms with Gasteiger partial charge in [0.2, 0.25) is 0 Å². The highest BCUT2D eigenvalue weighted by molar-refractivity contribution is 6.39. The Morgan fingerprint density at radius 3 is 2.14 bits per heavy atom. The number of halogens is 2. The number of hydrogen-bond acceptors (Lipinski definition) is 2.